The molecule has 3 aromatic carbocycles. The third kappa shape index (κ3) is 9.50. The van der Waals surface area contributed by atoms with Crippen molar-refractivity contribution in [3.63, 3.8) is 0 Å². The van der Waals surface area contributed by atoms with E-state index in [1.54, 1.807) is 47.4 Å². The average Bonchev–Trinajstić information content (AvgIpc) is 3.85. The molecule has 1 unspecified atom stereocenters. The van der Waals surface area contributed by atoms with Crippen LogP contribution in [0.3, 0.4) is 0 Å². The fraction of sp³-hybridized carbons (Fsp3) is 0.391. The standard InChI is InChI=1S/C46H51N7O8.H2S/c1-46(2)40-33(26-52(46)45(60)47-34(27-51(3)4)28-13-8-7-9-14-28)41(50-49-40)48-42(57)30-20-18-29(19-21-30)36(55)16-10-5-6-11-24-61-38-17-12-15-32-39(38)44(59)53(43(32)58)35-23-22-31(54)25-37(35)56;/h7-9,12-15,17-21,34-35H,5-6,10-11,16,22-27H2,1-4H3,(H,47,60)(H2,48,49,50,57);1H2/t34-,35?;/m1./s1. The van der Waals surface area contributed by atoms with Crippen LogP contribution >= 0.6 is 13.5 Å². The maximum atomic E-state index is 13.7. The number of anilines is 1. The molecule has 15 nitrogen and oxygen atoms in total. The molecule has 2 aliphatic heterocycles. The summed E-state index contributed by atoms with van der Waals surface area (Å²) in [5.74, 6) is -1.54. The van der Waals surface area contributed by atoms with Crippen molar-refractivity contribution in [2.45, 2.75) is 89.4 Å². The fourth-order valence-corrected chi connectivity index (χ4v) is 8.32. The van der Waals surface area contributed by atoms with Crippen molar-refractivity contribution in [2.24, 2.45) is 0 Å². The van der Waals surface area contributed by atoms with Gasteiger partial charge in [0, 0.05) is 36.1 Å². The van der Waals surface area contributed by atoms with Gasteiger partial charge in [-0.1, -0.05) is 61.4 Å². The van der Waals surface area contributed by atoms with E-state index in [1.807, 2.05) is 63.2 Å². The first kappa shape index (κ1) is 45.4. The number of unbranched alkanes of at least 4 members (excludes halogenated alkanes) is 3. The molecule has 1 saturated carbocycles. The molecule has 1 fully saturated rings. The van der Waals surface area contributed by atoms with Crippen molar-refractivity contribution >= 4 is 60.4 Å². The van der Waals surface area contributed by atoms with Crippen LogP contribution in [-0.2, 0) is 21.7 Å². The van der Waals surface area contributed by atoms with Gasteiger partial charge in [0.1, 0.15) is 11.5 Å². The molecule has 0 spiro atoms. The number of ether oxygens (including phenoxy) is 1. The highest BCUT2D eigenvalue weighted by atomic mass is 32.1. The normalized spacial score (nSPS) is 17.1. The fourth-order valence-electron chi connectivity index (χ4n) is 8.32. The Bertz CT molecular complexity index is 2360. The number of aromatic nitrogens is 2. The first-order valence-corrected chi connectivity index (χ1v) is 20.7. The Morgan fingerprint density at radius 3 is 2.32 bits per heavy atom. The van der Waals surface area contributed by atoms with Crippen molar-refractivity contribution in [1.29, 1.82) is 0 Å². The van der Waals surface area contributed by atoms with Crippen LogP contribution in [0.1, 0.15) is 130 Å². The number of imide groups is 1. The lowest BCUT2D eigenvalue weighted by atomic mass is 9.92. The number of fused-ring (bicyclic) bond motifs is 2. The molecule has 62 heavy (non-hydrogen) atoms. The number of nitrogens with one attached hydrogen (secondary N) is 3. The number of urea groups is 1. The lowest BCUT2D eigenvalue weighted by molar-refractivity contribution is -0.132. The van der Waals surface area contributed by atoms with E-state index >= 15 is 0 Å². The van der Waals surface area contributed by atoms with Gasteiger partial charge in [-0.2, -0.15) is 18.6 Å². The van der Waals surface area contributed by atoms with Crippen LogP contribution in [0.4, 0.5) is 10.6 Å². The van der Waals surface area contributed by atoms with Crippen molar-refractivity contribution < 1.29 is 38.3 Å². The van der Waals surface area contributed by atoms with E-state index < -0.39 is 35.1 Å². The second-order valence-corrected chi connectivity index (χ2v) is 16.6. The monoisotopic (exact) mass is 863 g/mol. The number of nitrogens with zero attached hydrogens (tertiary/aromatic N) is 4. The van der Waals surface area contributed by atoms with Crippen LogP contribution in [0.15, 0.2) is 72.8 Å². The Kier molecular flexibility index (Phi) is 14.1. The van der Waals surface area contributed by atoms with Crippen molar-refractivity contribution in [3.8, 4) is 5.75 Å². The SMILES string of the molecule is CN(C)C[C@@H](NC(=O)N1Cc2c(NC(=O)c3ccc(C(=O)CCCCCCOc4cccc5c4C(=O)N(C4CCC(=O)CC4=O)C5=O)cc3)n[nH]c2C1(C)C)c1ccccc1.S. The van der Waals surface area contributed by atoms with Gasteiger partial charge in [-0.3, -0.25) is 38.8 Å². The number of ketones is 3. The highest BCUT2D eigenvalue weighted by Gasteiger charge is 2.46. The Balaban J connectivity index is 0.00000641. The van der Waals surface area contributed by atoms with E-state index in [0.29, 0.717) is 49.4 Å². The zero-order chi connectivity index (χ0) is 43.4. The number of benzene rings is 3. The second kappa shape index (κ2) is 19.3. The van der Waals surface area contributed by atoms with Gasteiger partial charge in [0.25, 0.3) is 17.7 Å². The molecule has 7 rings (SSSR count). The third-order valence-electron chi connectivity index (χ3n) is 11.7. The first-order valence-electron chi connectivity index (χ1n) is 20.7. The largest absolute Gasteiger partial charge is 0.493 e. The molecule has 326 valence electrons. The molecule has 0 saturated heterocycles. The molecular weight excluding hydrogens is 811 g/mol. The van der Waals surface area contributed by atoms with Crippen LogP contribution < -0.4 is 15.4 Å². The van der Waals surface area contributed by atoms with Gasteiger partial charge in [0.15, 0.2) is 17.4 Å². The number of H-pyrrole nitrogens is 1. The summed E-state index contributed by atoms with van der Waals surface area (Å²) in [6, 6.07) is 19.7. The number of hydrogen-bond acceptors (Lipinski definition) is 10. The molecule has 1 aromatic heterocycles. The molecule has 1 aliphatic carbocycles. The maximum Gasteiger partial charge on any atom is 0.319 e. The van der Waals surface area contributed by atoms with Gasteiger partial charge in [-0.25, -0.2) is 4.79 Å². The van der Waals surface area contributed by atoms with Gasteiger partial charge in [0.05, 0.1) is 54.0 Å². The summed E-state index contributed by atoms with van der Waals surface area (Å²) in [5.41, 5.74) is 2.94. The number of Topliss-reactive ketones (excluding diaryl/α,β-unsaturated/α-hetero) is 3. The number of rotatable bonds is 16. The Hall–Kier alpha value is -6.13. The maximum absolute atomic E-state index is 13.7. The Labute approximate surface area is 367 Å². The lowest BCUT2D eigenvalue weighted by Crippen LogP contribution is -2.48. The first-order chi connectivity index (χ1) is 29.2. The van der Waals surface area contributed by atoms with Gasteiger partial charge in [-0.15, -0.1) is 0 Å². The molecule has 5 amide bonds. The highest BCUT2D eigenvalue weighted by molar-refractivity contribution is 7.59. The number of amides is 5. The minimum absolute atomic E-state index is 0. The van der Waals surface area contributed by atoms with Crippen LogP contribution in [0.25, 0.3) is 0 Å². The number of carbonyl (C=O) groups is 7. The minimum atomic E-state index is -0.942. The topological polar surface area (TPSA) is 191 Å². The summed E-state index contributed by atoms with van der Waals surface area (Å²) in [4.78, 5) is 95.4. The zero-order valence-corrected chi connectivity index (χ0v) is 36.4. The highest BCUT2D eigenvalue weighted by Crippen LogP contribution is 2.41. The second-order valence-electron chi connectivity index (χ2n) is 16.6. The number of likely N-dealkylation sites (N-methyl/N-ethyl adjacent to an activating group) is 1. The van der Waals surface area contributed by atoms with Gasteiger partial charge >= 0.3 is 6.03 Å². The van der Waals surface area contributed by atoms with E-state index in [0.717, 1.165) is 34.6 Å². The summed E-state index contributed by atoms with van der Waals surface area (Å²) in [6.45, 7) is 5.03. The summed E-state index contributed by atoms with van der Waals surface area (Å²) in [7, 11) is 3.92. The van der Waals surface area contributed by atoms with Gasteiger partial charge in [0.2, 0.25) is 0 Å². The van der Waals surface area contributed by atoms with E-state index in [-0.39, 0.29) is 79.8 Å². The molecule has 0 bridgehead atoms. The summed E-state index contributed by atoms with van der Waals surface area (Å²) >= 11 is 0. The van der Waals surface area contributed by atoms with E-state index in [4.69, 9.17) is 4.74 Å². The van der Waals surface area contributed by atoms with Gasteiger partial charge < -0.3 is 25.2 Å². The zero-order valence-electron chi connectivity index (χ0n) is 35.4. The van der Waals surface area contributed by atoms with Crippen molar-refractivity contribution in [1.82, 2.24) is 30.2 Å². The van der Waals surface area contributed by atoms with Crippen LogP contribution in [0.2, 0.25) is 0 Å². The molecule has 16 heteroatoms. The predicted molar refractivity (Wildman–Crippen MR) is 236 cm³/mol. The van der Waals surface area contributed by atoms with E-state index in [9.17, 15) is 33.6 Å². The van der Waals surface area contributed by atoms with E-state index in [2.05, 4.69) is 20.8 Å². The number of aromatic amines is 1. The van der Waals surface area contributed by atoms with Crippen molar-refractivity contribution in [3.05, 3.63) is 112 Å². The minimum Gasteiger partial charge on any atom is -0.493 e. The quantitative estimate of drug-likeness (QED) is 0.0496. The summed E-state index contributed by atoms with van der Waals surface area (Å²) in [5, 5.41) is 13.5. The molecule has 0 radical (unpaired) electrons. The average molecular weight is 864 g/mol. The van der Waals surface area contributed by atoms with Crippen LogP contribution in [0, 0.1) is 0 Å². The van der Waals surface area contributed by atoms with Crippen LogP contribution in [0.5, 0.6) is 5.75 Å². The Morgan fingerprint density at radius 1 is 0.903 bits per heavy atom. The smallest absolute Gasteiger partial charge is 0.319 e. The molecule has 2 atom stereocenters. The summed E-state index contributed by atoms with van der Waals surface area (Å²) in [6.07, 6.45) is 3.19. The van der Waals surface area contributed by atoms with E-state index in [1.165, 1.54) is 0 Å². The van der Waals surface area contributed by atoms with Crippen LogP contribution in [-0.4, -0.2) is 99.3 Å². The lowest BCUT2D eigenvalue weighted by Gasteiger charge is -2.34. The molecule has 4 aromatic rings. The molecular formula is C46H53N7O8S. The Morgan fingerprint density at radius 2 is 1.61 bits per heavy atom. The molecule has 3 aliphatic rings. The summed E-state index contributed by atoms with van der Waals surface area (Å²) < 4.78 is 5.93. The molecule has 3 heterocycles. The number of hydrogen-bond donors (Lipinski definition) is 3. The predicted octanol–water partition coefficient (Wildman–Crippen LogP) is 6.34. The third-order valence-corrected chi connectivity index (χ3v) is 11.7. The van der Waals surface area contributed by atoms with Gasteiger partial charge in [-0.05, 0) is 77.0 Å². The molecule has 3 N–H and O–H groups in total. The van der Waals surface area contributed by atoms with Crippen molar-refractivity contribution in [2.75, 3.05) is 32.6 Å². The number of carbonyl (C=O) groups excluding carboxylic acids is 7.